The van der Waals surface area contributed by atoms with Gasteiger partial charge in [0, 0.05) is 39.1 Å². The van der Waals surface area contributed by atoms with Gasteiger partial charge in [-0.3, -0.25) is 4.79 Å². The third-order valence-electron chi connectivity index (χ3n) is 6.30. The van der Waals surface area contributed by atoms with Gasteiger partial charge in [-0.2, -0.15) is 0 Å². The summed E-state index contributed by atoms with van der Waals surface area (Å²) in [6, 6.07) is -0.406. The SMILES string of the molecule is CC[C@@H](Nc1ncnc2c1nc(-c1cnc(C)nc1)n2CC)C(=O)N1CCC(OCCOC)CC1. The van der Waals surface area contributed by atoms with Crippen LogP contribution in [0.15, 0.2) is 18.7 Å². The van der Waals surface area contributed by atoms with Crippen molar-refractivity contribution in [3.8, 4) is 11.4 Å². The molecule has 4 rings (SSSR count). The van der Waals surface area contributed by atoms with Crippen molar-refractivity contribution in [2.24, 2.45) is 0 Å². The number of carbonyl (C=O) groups is 1. The summed E-state index contributed by atoms with van der Waals surface area (Å²) in [5, 5.41) is 3.35. The Morgan fingerprint density at radius 1 is 1.14 bits per heavy atom. The standard InChI is InChI=1S/C24H34N8O3/c1-5-19(24(33)31-9-7-18(8-10-31)35-12-11-34-4)29-21-20-23(28-15-27-21)32(6-2)22(30-20)17-13-25-16(3)26-14-17/h13-15,18-19H,5-12H2,1-4H3,(H,27,28,29)/t19-/m1/s1. The fourth-order valence-electron chi connectivity index (χ4n) is 4.33. The minimum absolute atomic E-state index is 0.0664. The molecule has 3 aromatic rings. The van der Waals surface area contributed by atoms with E-state index in [-0.39, 0.29) is 12.0 Å². The predicted molar refractivity (Wildman–Crippen MR) is 132 cm³/mol. The Bertz CT molecular complexity index is 1130. The zero-order chi connectivity index (χ0) is 24.8. The van der Waals surface area contributed by atoms with Gasteiger partial charge in [0.05, 0.1) is 24.9 Å². The molecule has 35 heavy (non-hydrogen) atoms. The number of imidazole rings is 1. The van der Waals surface area contributed by atoms with Crippen molar-refractivity contribution >= 4 is 22.9 Å². The highest BCUT2D eigenvalue weighted by atomic mass is 16.5. The number of hydrogen-bond donors (Lipinski definition) is 1. The Labute approximate surface area is 205 Å². The quantitative estimate of drug-likeness (QED) is 0.434. The Kier molecular flexibility index (Phi) is 8.19. The Balaban J connectivity index is 1.51. The zero-order valence-corrected chi connectivity index (χ0v) is 20.9. The summed E-state index contributed by atoms with van der Waals surface area (Å²) in [4.78, 5) is 37.6. The van der Waals surface area contributed by atoms with Crippen molar-refractivity contribution in [2.45, 2.75) is 58.7 Å². The second-order valence-corrected chi connectivity index (χ2v) is 8.59. The van der Waals surface area contributed by atoms with E-state index in [0.29, 0.717) is 62.1 Å². The highest BCUT2D eigenvalue weighted by molar-refractivity contribution is 5.90. The summed E-state index contributed by atoms with van der Waals surface area (Å²) in [6.07, 6.45) is 7.48. The van der Waals surface area contributed by atoms with E-state index >= 15 is 0 Å². The smallest absolute Gasteiger partial charge is 0.245 e. The lowest BCUT2D eigenvalue weighted by molar-refractivity contribution is -0.134. The number of piperidine rings is 1. The zero-order valence-electron chi connectivity index (χ0n) is 20.9. The molecule has 1 atom stereocenters. The molecule has 4 heterocycles. The Hall–Kier alpha value is -3.18. The van der Waals surface area contributed by atoms with E-state index < -0.39 is 6.04 Å². The number of likely N-dealkylation sites (tertiary alicyclic amines) is 1. The molecule has 11 heteroatoms. The number of anilines is 1. The van der Waals surface area contributed by atoms with Crippen LogP contribution < -0.4 is 5.32 Å². The number of fused-ring (bicyclic) bond motifs is 1. The van der Waals surface area contributed by atoms with E-state index in [1.54, 1.807) is 19.5 Å². The molecule has 1 saturated heterocycles. The van der Waals surface area contributed by atoms with Crippen molar-refractivity contribution in [1.82, 2.24) is 34.4 Å². The maximum Gasteiger partial charge on any atom is 0.245 e. The number of nitrogens with zero attached hydrogens (tertiary/aromatic N) is 7. The van der Waals surface area contributed by atoms with Gasteiger partial charge >= 0.3 is 0 Å². The Morgan fingerprint density at radius 3 is 2.54 bits per heavy atom. The van der Waals surface area contributed by atoms with E-state index in [0.717, 1.165) is 24.2 Å². The van der Waals surface area contributed by atoms with Crippen LogP contribution in [-0.4, -0.2) is 85.9 Å². The topological polar surface area (TPSA) is 120 Å². The second kappa shape index (κ2) is 11.5. The van der Waals surface area contributed by atoms with E-state index in [1.807, 2.05) is 30.2 Å². The van der Waals surface area contributed by atoms with Crippen molar-refractivity contribution in [2.75, 3.05) is 38.7 Å². The van der Waals surface area contributed by atoms with Gasteiger partial charge in [0.2, 0.25) is 5.91 Å². The van der Waals surface area contributed by atoms with E-state index in [9.17, 15) is 4.79 Å². The molecule has 0 unspecified atom stereocenters. The fraction of sp³-hybridized carbons (Fsp3) is 0.583. The van der Waals surface area contributed by atoms with Gasteiger partial charge in [0.1, 0.15) is 24.0 Å². The molecule has 0 spiro atoms. The lowest BCUT2D eigenvalue weighted by Gasteiger charge is -2.34. The molecule has 0 radical (unpaired) electrons. The van der Waals surface area contributed by atoms with E-state index in [4.69, 9.17) is 14.5 Å². The largest absolute Gasteiger partial charge is 0.382 e. The molecule has 188 valence electrons. The monoisotopic (exact) mass is 482 g/mol. The van der Waals surface area contributed by atoms with Gasteiger partial charge in [-0.25, -0.2) is 24.9 Å². The molecule has 0 bridgehead atoms. The molecule has 1 N–H and O–H groups in total. The third kappa shape index (κ3) is 5.57. The van der Waals surface area contributed by atoms with Crippen LogP contribution in [0.3, 0.4) is 0 Å². The number of aromatic nitrogens is 6. The van der Waals surface area contributed by atoms with Crippen LogP contribution in [-0.2, 0) is 20.8 Å². The van der Waals surface area contributed by atoms with E-state index in [1.165, 1.54) is 6.33 Å². The van der Waals surface area contributed by atoms with Crippen LogP contribution in [0.25, 0.3) is 22.6 Å². The predicted octanol–water partition coefficient (Wildman–Crippen LogP) is 2.46. The van der Waals surface area contributed by atoms with Crippen molar-refractivity contribution in [3.05, 3.63) is 24.5 Å². The fourth-order valence-corrected chi connectivity index (χ4v) is 4.33. The number of methoxy groups -OCH3 is 1. The van der Waals surface area contributed by atoms with Crippen LogP contribution in [0.1, 0.15) is 38.9 Å². The molecule has 0 aromatic carbocycles. The minimum Gasteiger partial charge on any atom is -0.382 e. The third-order valence-corrected chi connectivity index (χ3v) is 6.30. The average Bonchev–Trinajstić information content (AvgIpc) is 3.27. The highest BCUT2D eigenvalue weighted by Crippen LogP contribution is 2.27. The van der Waals surface area contributed by atoms with Crippen LogP contribution in [0.2, 0.25) is 0 Å². The van der Waals surface area contributed by atoms with Gasteiger partial charge < -0.3 is 24.3 Å². The van der Waals surface area contributed by atoms with Crippen LogP contribution >= 0.6 is 0 Å². The number of rotatable bonds is 10. The number of nitrogens with one attached hydrogen (secondary N) is 1. The molecular weight excluding hydrogens is 448 g/mol. The number of carbonyl (C=O) groups excluding carboxylic acids is 1. The molecule has 1 aliphatic heterocycles. The maximum atomic E-state index is 13.3. The molecule has 3 aromatic heterocycles. The van der Waals surface area contributed by atoms with Gasteiger partial charge in [0.15, 0.2) is 17.0 Å². The minimum atomic E-state index is -0.406. The van der Waals surface area contributed by atoms with Crippen molar-refractivity contribution in [1.29, 1.82) is 0 Å². The van der Waals surface area contributed by atoms with Gasteiger partial charge in [0.25, 0.3) is 0 Å². The van der Waals surface area contributed by atoms with Gasteiger partial charge in [-0.05, 0) is 33.1 Å². The molecular formula is C24H34N8O3. The molecule has 11 nitrogen and oxygen atoms in total. The summed E-state index contributed by atoms with van der Waals surface area (Å²) < 4.78 is 12.9. The molecule has 0 saturated carbocycles. The first-order chi connectivity index (χ1) is 17.0. The molecule has 1 amide bonds. The number of ether oxygens (including phenoxy) is 2. The van der Waals surface area contributed by atoms with Crippen LogP contribution in [0.5, 0.6) is 0 Å². The van der Waals surface area contributed by atoms with E-state index in [2.05, 4.69) is 25.3 Å². The Morgan fingerprint density at radius 2 is 1.89 bits per heavy atom. The van der Waals surface area contributed by atoms with Crippen molar-refractivity contribution in [3.63, 3.8) is 0 Å². The van der Waals surface area contributed by atoms with Crippen LogP contribution in [0.4, 0.5) is 5.82 Å². The van der Waals surface area contributed by atoms with Gasteiger partial charge in [-0.1, -0.05) is 6.92 Å². The molecule has 1 fully saturated rings. The first-order valence-corrected chi connectivity index (χ1v) is 12.2. The molecule has 0 aliphatic carbocycles. The summed E-state index contributed by atoms with van der Waals surface area (Å²) in [5.74, 6) is 2.04. The normalized spacial score (nSPS) is 15.5. The summed E-state index contributed by atoms with van der Waals surface area (Å²) in [7, 11) is 1.67. The lowest BCUT2D eigenvalue weighted by atomic mass is 10.1. The number of aryl methyl sites for hydroxylation is 2. The lowest BCUT2D eigenvalue weighted by Crippen LogP contribution is -2.47. The average molecular weight is 483 g/mol. The first-order valence-electron chi connectivity index (χ1n) is 12.2. The maximum absolute atomic E-state index is 13.3. The van der Waals surface area contributed by atoms with Crippen LogP contribution in [0, 0.1) is 6.92 Å². The second-order valence-electron chi connectivity index (χ2n) is 8.59. The number of amides is 1. The summed E-state index contributed by atoms with van der Waals surface area (Å²) >= 11 is 0. The highest BCUT2D eigenvalue weighted by Gasteiger charge is 2.29. The van der Waals surface area contributed by atoms with Crippen molar-refractivity contribution < 1.29 is 14.3 Å². The summed E-state index contributed by atoms with van der Waals surface area (Å²) in [6.45, 7) is 9.07. The number of hydrogen-bond acceptors (Lipinski definition) is 9. The summed E-state index contributed by atoms with van der Waals surface area (Å²) in [5.41, 5.74) is 2.14. The molecule has 1 aliphatic rings. The van der Waals surface area contributed by atoms with Gasteiger partial charge in [-0.15, -0.1) is 0 Å². The first kappa shape index (κ1) is 24.9.